The number of rotatable bonds is 5. The molecule has 2 aromatic rings. The molecule has 1 unspecified atom stereocenters. The minimum Gasteiger partial charge on any atom is -0.339 e. The van der Waals surface area contributed by atoms with Gasteiger partial charge in [-0.25, -0.2) is 0 Å². The number of nitrogens with one attached hydrogen (secondary N) is 2. The van der Waals surface area contributed by atoms with Gasteiger partial charge in [0, 0.05) is 4.47 Å². The number of hydrogen-bond acceptors (Lipinski definition) is 3. The van der Waals surface area contributed by atoms with Crippen LogP contribution in [0.25, 0.3) is 0 Å². The fourth-order valence-electron chi connectivity index (χ4n) is 1.93. The van der Waals surface area contributed by atoms with Gasteiger partial charge in [-0.2, -0.15) is 0 Å². The largest absolute Gasteiger partial charge is 0.339 e. The first kappa shape index (κ1) is 16.7. The van der Waals surface area contributed by atoms with Gasteiger partial charge >= 0.3 is 0 Å². The van der Waals surface area contributed by atoms with Crippen LogP contribution < -0.4 is 10.6 Å². The van der Waals surface area contributed by atoms with E-state index in [-0.39, 0.29) is 17.7 Å². The molecule has 0 aliphatic carbocycles. The van der Waals surface area contributed by atoms with Crippen LogP contribution in [0.15, 0.2) is 46.3 Å². The lowest BCUT2D eigenvalue weighted by molar-refractivity contribution is -0.118. The Bertz CT molecular complexity index is 656. The normalized spacial score (nSPS) is 12.0. The third kappa shape index (κ3) is 4.18. The predicted molar refractivity (Wildman–Crippen MR) is 93.2 cm³/mol. The van der Waals surface area contributed by atoms with Gasteiger partial charge in [-0.1, -0.05) is 32.0 Å². The van der Waals surface area contributed by atoms with Crippen LogP contribution in [0.2, 0.25) is 0 Å². The number of para-hydroxylation sites is 1. The molecule has 0 saturated heterocycles. The third-order valence-electron chi connectivity index (χ3n) is 3.11. The number of amides is 2. The van der Waals surface area contributed by atoms with Gasteiger partial charge in [-0.3, -0.25) is 9.59 Å². The van der Waals surface area contributed by atoms with Crippen LogP contribution in [-0.2, 0) is 4.79 Å². The van der Waals surface area contributed by atoms with Crippen molar-refractivity contribution in [3.63, 3.8) is 0 Å². The molecule has 0 aliphatic heterocycles. The summed E-state index contributed by atoms with van der Waals surface area (Å²) in [7, 11) is 0. The lowest BCUT2D eigenvalue weighted by Gasteiger charge is -2.21. The van der Waals surface area contributed by atoms with E-state index < -0.39 is 6.04 Å². The highest BCUT2D eigenvalue weighted by Gasteiger charge is 2.25. The first-order valence-electron chi connectivity index (χ1n) is 6.89. The maximum Gasteiger partial charge on any atom is 0.262 e. The molecule has 0 radical (unpaired) electrons. The molecule has 22 heavy (non-hydrogen) atoms. The van der Waals surface area contributed by atoms with Crippen molar-refractivity contribution in [3.05, 3.63) is 51.1 Å². The summed E-state index contributed by atoms with van der Waals surface area (Å²) in [6, 6.07) is 10.3. The predicted octanol–water partition coefficient (Wildman–Crippen LogP) is 3.90. The molecule has 1 aromatic heterocycles. The van der Waals surface area contributed by atoms with E-state index in [9.17, 15) is 9.59 Å². The molecule has 116 valence electrons. The van der Waals surface area contributed by atoms with Gasteiger partial charge in [-0.15, -0.1) is 11.3 Å². The van der Waals surface area contributed by atoms with Crippen LogP contribution in [0, 0.1) is 5.92 Å². The van der Waals surface area contributed by atoms with Crippen molar-refractivity contribution in [2.75, 3.05) is 5.32 Å². The van der Waals surface area contributed by atoms with Gasteiger partial charge < -0.3 is 10.6 Å². The molecule has 2 rings (SSSR count). The number of carbonyl (C=O) groups is 2. The van der Waals surface area contributed by atoms with Crippen LogP contribution in [0.1, 0.15) is 23.5 Å². The van der Waals surface area contributed by atoms with Crippen LogP contribution >= 0.6 is 27.3 Å². The minimum absolute atomic E-state index is 0.0219. The quantitative estimate of drug-likeness (QED) is 0.825. The van der Waals surface area contributed by atoms with E-state index >= 15 is 0 Å². The maximum absolute atomic E-state index is 12.5. The number of hydrogen-bond donors (Lipinski definition) is 2. The van der Waals surface area contributed by atoms with Gasteiger partial charge in [0.25, 0.3) is 5.91 Å². The molecular formula is C16H17BrN2O2S. The molecule has 6 heteroatoms. The monoisotopic (exact) mass is 380 g/mol. The molecular weight excluding hydrogens is 364 g/mol. The molecule has 0 spiro atoms. The first-order valence-corrected chi connectivity index (χ1v) is 8.56. The number of anilines is 1. The van der Waals surface area contributed by atoms with Crippen molar-refractivity contribution in [2.45, 2.75) is 19.9 Å². The summed E-state index contributed by atoms with van der Waals surface area (Å²) in [5, 5.41) is 7.48. The van der Waals surface area contributed by atoms with Crippen LogP contribution in [0.4, 0.5) is 5.69 Å². The second-order valence-electron chi connectivity index (χ2n) is 5.14. The van der Waals surface area contributed by atoms with E-state index in [4.69, 9.17) is 0 Å². The van der Waals surface area contributed by atoms with Gasteiger partial charge in [0.1, 0.15) is 6.04 Å². The Labute approximate surface area is 142 Å². The lowest BCUT2D eigenvalue weighted by Crippen LogP contribution is -2.47. The SMILES string of the molecule is CC(C)C(NC(=O)c1cccs1)C(=O)Nc1ccccc1Br. The molecule has 0 aliphatic rings. The van der Waals surface area contributed by atoms with Gasteiger partial charge in [0.15, 0.2) is 0 Å². The maximum atomic E-state index is 12.5. The summed E-state index contributed by atoms with van der Waals surface area (Å²) in [6.45, 7) is 3.80. The Morgan fingerprint density at radius 2 is 1.86 bits per heavy atom. The summed E-state index contributed by atoms with van der Waals surface area (Å²) < 4.78 is 0.801. The van der Waals surface area contributed by atoms with E-state index in [1.54, 1.807) is 12.1 Å². The van der Waals surface area contributed by atoms with Crippen molar-refractivity contribution >= 4 is 44.8 Å². The van der Waals surface area contributed by atoms with Gasteiger partial charge in [0.2, 0.25) is 5.91 Å². The van der Waals surface area contributed by atoms with Gasteiger partial charge in [-0.05, 0) is 45.4 Å². The van der Waals surface area contributed by atoms with E-state index in [1.807, 2.05) is 43.5 Å². The molecule has 2 N–H and O–H groups in total. The smallest absolute Gasteiger partial charge is 0.262 e. The third-order valence-corrected chi connectivity index (χ3v) is 4.67. The van der Waals surface area contributed by atoms with E-state index in [2.05, 4.69) is 26.6 Å². The highest BCUT2D eigenvalue weighted by Crippen LogP contribution is 2.22. The first-order chi connectivity index (χ1) is 10.5. The zero-order chi connectivity index (χ0) is 16.1. The zero-order valence-corrected chi connectivity index (χ0v) is 14.7. The summed E-state index contributed by atoms with van der Waals surface area (Å²) in [5.74, 6) is -0.478. The van der Waals surface area contributed by atoms with E-state index in [1.165, 1.54) is 11.3 Å². The Balaban J connectivity index is 2.09. The minimum atomic E-state index is -0.596. The topological polar surface area (TPSA) is 58.2 Å². The second kappa shape index (κ2) is 7.56. The summed E-state index contributed by atoms with van der Waals surface area (Å²) in [5.41, 5.74) is 0.684. The Kier molecular flexibility index (Phi) is 5.74. The Morgan fingerprint density at radius 1 is 1.14 bits per heavy atom. The molecule has 2 amide bonds. The van der Waals surface area contributed by atoms with Crippen molar-refractivity contribution in [2.24, 2.45) is 5.92 Å². The highest BCUT2D eigenvalue weighted by atomic mass is 79.9. The summed E-state index contributed by atoms with van der Waals surface area (Å²) in [6.07, 6.45) is 0. The van der Waals surface area contributed by atoms with Gasteiger partial charge in [0.05, 0.1) is 10.6 Å². The fourth-order valence-corrected chi connectivity index (χ4v) is 2.94. The van der Waals surface area contributed by atoms with Crippen molar-refractivity contribution in [1.82, 2.24) is 5.32 Å². The second-order valence-corrected chi connectivity index (χ2v) is 6.94. The Hall–Kier alpha value is -1.66. The van der Waals surface area contributed by atoms with E-state index in [0.29, 0.717) is 10.6 Å². The molecule has 0 saturated carbocycles. The number of halogens is 1. The fraction of sp³-hybridized carbons (Fsp3) is 0.250. The molecule has 1 heterocycles. The Morgan fingerprint density at radius 3 is 2.45 bits per heavy atom. The molecule has 1 atom stereocenters. The number of benzene rings is 1. The highest BCUT2D eigenvalue weighted by molar-refractivity contribution is 9.10. The lowest BCUT2D eigenvalue weighted by atomic mass is 10.0. The van der Waals surface area contributed by atoms with Crippen LogP contribution in [0.5, 0.6) is 0 Å². The molecule has 1 aromatic carbocycles. The van der Waals surface area contributed by atoms with Crippen molar-refractivity contribution in [3.8, 4) is 0 Å². The standard InChI is InChI=1S/C16H17BrN2O2S/c1-10(2)14(19-15(20)13-8-5-9-22-13)16(21)18-12-7-4-3-6-11(12)17/h3-10,14H,1-2H3,(H,18,21)(H,19,20). The van der Waals surface area contributed by atoms with Crippen molar-refractivity contribution in [1.29, 1.82) is 0 Å². The average molecular weight is 381 g/mol. The summed E-state index contributed by atoms with van der Waals surface area (Å²) >= 11 is 4.74. The van der Waals surface area contributed by atoms with Crippen LogP contribution in [-0.4, -0.2) is 17.9 Å². The molecule has 4 nitrogen and oxygen atoms in total. The number of thiophene rings is 1. The van der Waals surface area contributed by atoms with E-state index in [0.717, 1.165) is 4.47 Å². The average Bonchev–Trinajstić information content (AvgIpc) is 3.00. The summed E-state index contributed by atoms with van der Waals surface area (Å²) in [4.78, 5) is 25.2. The molecule has 0 fully saturated rings. The zero-order valence-electron chi connectivity index (χ0n) is 12.3. The molecule has 0 bridgehead atoms. The van der Waals surface area contributed by atoms with Crippen molar-refractivity contribution < 1.29 is 9.59 Å². The van der Waals surface area contributed by atoms with Crippen LogP contribution in [0.3, 0.4) is 0 Å². The number of carbonyl (C=O) groups excluding carboxylic acids is 2.